The summed E-state index contributed by atoms with van der Waals surface area (Å²) in [6.45, 7) is 3.98. The van der Waals surface area contributed by atoms with E-state index in [9.17, 15) is 9.59 Å². The Balaban J connectivity index is 1.76. The maximum absolute atomic E-state index is 12.1. The van der Waals surface area contributed by atoms with E-state index in [4.69, 9.17) is 0 Å². The zero-order valence-corrected chi connectivity index (χ0v) is 13.2. The number of rotatable bonds is 6. The van der Waals surface area contributed by atoms with Gasteiger partial charge in [-0.05, 0) is 50.9 Å². The van der Waals surface area contributed by atoms with Crippen molar-refractivity contribution in [3.8, 4) is 0 Å². The van der Waals surface area contributed by atoms with Crippen LogP contribution in [0.15, 0.2) is 30.3 Å². The van der Waals surface area contributed by atoms with Crippen LogP contribution in [-0.4, -0.2) is 11.6 Å². The zero-order chi connectivity index (χ0) is 15.2. The Morgan fingerprint density at radius 2 is 1.71 bits per heavy atom. The van der Waals surface area contributed by atoms with Crippen molar-refractivity contribution in [3.63, 3.8) is 0 Å². The standard InChI is InChI=1S/C19H26O2/c1-14(16-9-11-17(12-10-16)15(2)20)8-13-19(21)18-6-4-3-5-7-18/h3-7,14,16-17H,8-13H2,1-2H3/t14?,16-,17-. The maximum Gasteiger partial charge on any atom is 0.162 e. The van der Waals surface area contributed by atoms with Crippen molar-refractivity contribution in [1.82, 2.24) is 0 Å². The second-order valence-electron chi connectivity index (χ2n) is 6.53. The number of carbonyl (C=O) groups is 2. The monoisotopic (exact) mass is 286 g/mol. The highest BCUT2D eigenvalue weighted by molar-refractivity contribution is 5.95. The van der Waals surface area contributed by atoms with Gasteiger partial charge in [-0.2, -0.15) is 0 Å². The first kappa shape index (κ1) is 15.9. The predicted octanol–water partition coefficient (Wildman–Crippen LogP) is 4.68. The Labute approximate surface area is 127 Å². The molecule has 2 nitrogen and oxygen atoms in total. The topological polar surface area (TPSA) is 34.1 Å². The SMILES string of the molecule is CC(=O)[C@H]1CC[C@H](C(C)CCC(=O)c2ccccc2)CC1. The molecule has 0 saturated heterocycles. The van der Waals surface area contributed by atoms with Gasteiger partial charge >= 0.3 is 0 Å². The Morgan fingerprint density at radius 1 is 1.10 bits per heavy atom. The van der Waals surface area contributed by atoms with E-state index in [1.165, 1.54) is 0 Å². The van der Waals surface area contributed by atoms with Crippen LogP contribution in [0.25, 0.3) is 0 Å². The van der Waals surface area contributed by atoms with Crippen molar-refractivity contribution in [2.45, 2.75) is 52.4 Å². The highest BCUT2D eigenvalue weighted by Gasteiger charge is 2.27. The quantitative estimate of drug-likeness (QED) is 0.711. The first-order valence-electron chi connectivity index (χ1n) is 8.16. The molecule has 2 rings (SSSR count). The van der Waals surface area contributed by atoms with Gasteiger partial charge in [-0.3, -0.25) is 9.59 Å². The van der Waals surface area contributed by atoms with Gasteiger partial charge in [0.1, 0.15) is 5.78 Å². The minimum Gasteiger partial charge on any atom is -0.300 e. The normalized spacial score (nSPS) is 23.5. The van der Waals surface area contributed by atoms with Gasteiger partial charge in [-0.15, -0.1) is 0 Å². The molecule has 1 fully saturated rings. The van der Waals surface area contributed by atoms with Crippen molar-refractivity contribution in [2.24, 2.45) is 17.8 Å². The fourth-order valence-electron chi connectivity index (χ4n) is 3.46. The molecule has 0 heterocycles. The molecule has 1 saturated carbocycles. The highest BCUT2D eigenvalue weighted by Crippen LogP contribution is 2.35. The van der Waals surface area contributed by atoms with Crippen molar-refractivity contribution >= 4 is 11.6 Å². The molecule has 0 aliphatic heterocycles. The van der Waals surface area contributed by atoms with E-state index in [1.54, 1.807) is 6.92 Å². The van der Waals surface area contributed by atoms with Crippen LogP contribution >= 0.6 is 0 Å². The Kier molecular flexibility index (Phi) is 5.72. The molecule has 0 N–H and O–H groups in total. The molecule has 114 valence electrons. The number of benzene rings is 1. The lowest BCUT2D eigenvalue weighted by Gasteiger charge is -2.31. The second-order valence-corrected chi connectivity index (χ2v) is 6.53. The molecule has 2 heteroatoms. The van der Waals surface area contributed by atoms with E-state index >= 15 is 0 Å². The van der Waals surface area contributed by atoms with Crippen LogP contribution in [0.4, 0.5) is 0 Å². The number of hydrogen-bond acceptors (Lipinski definition) is 2. The van der Waals surface area contributed by atoms with Crippen LogP contribution in [0.2, 0.25) is 0 Å². The third-order valence-electron chi connectivity index (χ3n) is 5.07. The van der Waals surface area contributed by atoms with E-state index in [-0.39, 0.29) is 5.78 Å². The van der Waals surface area contributed by atoms with Gasteiger partial charge in [0.15, 0.2) is 5.78 Å². The third kappa shape index (κ3) is 4.52. The summed E-state index contributed by atoms with van der Waals surface area (Å²) in [5, 5.41) is 0. The van der Waals surface area contributed by atoms with Crippen molar-refractivity contribution in [1.29, 1.82) is 0 Å². The van der Waals surface area contributed by atoms with E-state index in [0.717, 1.165) is 37.7 Å². The van der Waals surface area contributed by atoms with Crippen molar-refractivity contribution < 1.29 is 9.59 Å². The summed E-state index contributed by atoms with van der Waals surface area (Å²) in [4.78, 5) is 23.5. The van der Waals surface area contributed by atoms with Crippen LogP contribution in [0.3, 0.4) is 0 Å². The molecular formula is C19H26O2. The molecule has 1 aromatic rings. The summed E-state index contributed by atoms with van der Waals surface area (Å²) in [5.74, 6) is 2.15. The number of Topliss-reactive ketones (excluding diaryl/α,β-unsaturated/α-hetero) is 2. The summed E-state index contributed by atoms with van der Waals surface area (Å²) in [5.41, 5.74) is 0.824. The first-order chi connectivity index (χ1) is 10.1. The number of hydrogen-bond donors (Lipinski definition) is 0. The molecule has 0 bridgehead atoms. The molecule has 0 spiro atoms. The summed E-state index contributed by atoms with van der Waals surface area (Å²) in [7, 11) is 0. The highest BCUT2D eigenvalue weighted by atomic mass is 16.1. The van der Waals surface area contributed by atoms with Crippen LogP contribution in [0.1, 0.15) is 62.7 Å². The molecule has 1 aliphatic carbocycles. The Bertz CT molecular complexity index is 470. The Hall–Kier alpha value is -1.44. The largest absolute Gasteiger partial charge is 0.300 e. The molecule has 0 radical (unpaired) electrons. The minimum atomic E-state index is 0.250. The van der Waals surface area contributed by atoms with Crippen LogP contribution < -0.4 is 0 Å². The fraction of sp³-hybridized carbons (Fsp3) is 0.579. The third-order valence-corrected chi connectivity index (χ3v) is 5.07. The molecule has 0 amide bonds. The first-order valence-corrected chi connectivity index (χ1v) is 8.16. The lowest BCUT2D eigenvalue weighted by atomic mass is 9.74. The van der Waals surface area contributed by atoms with E-state index in [1.807, 2.05) is 30.3 Å². The maximum atomic E-state index is 12.1. The molecule has 1 aliphatic rings. The second kappa shape index (κ2) is 7.53. The van der Waals surface area contributed by atoms with Gasteiger partial charge in [0.25, 0.3) is 0 Å². The van der Waals surface area contributed by atoms with Crippen LogP contribution in [0, 0.1) is 17.8 Å². The van der Waals surface area contributed by atoms with Gasteiger partial charge < -0.3 is 0 Å². The molecular weight excluding hydrogens is 260 g/mol. The van der Waals surface area contributed by atoms with Gasteiger partial charge in [-0.25, -0.2) is 0 Å². The van der Waals surface area contributed by atoms with Crippen LogP contribution in [-0.2, 0) is 4.79 Å². The van der Waals surface area contributed by atoms with Gasteiger partial charge in [0, 0.05) is 17.9 Å². The molecule has 21 heavy (non-hydrogen) atoms. The van der Waals surface area contributed by atoms with E-state index in [2.05, 4.69) is 6.92 Å². The van der Waals surface area contributed by atoms with Crippen molar-refractivity contribution in [2.75, 3.05) is 0 Å². The number of carbonyl (C=O) groups excluding carboxylic acids is 2. The minimum absolute atomic E-state index is 0.250. The molecule has 1 atom stereocenters. The van der Waals surface area contributed by atoms with E-state index < -0.39 is 0 Å². The molecule has 0 aromatic heterocycles. The summed E-state index contributed by atoms with van der Waals surface area (Å²) < 4.78 is 0. The number of ketones is 2. The van der Waals surface area contributed by atoms with Gasteiger partial charge in [0.2, 0.25) is 0 Å². The molecule has 1 unspecified atom stereocenters. The lowest BCUT2D eigenvalue weighted by Crippen LogP contribution is -2.24. The van der Waals surface area contributed by atoms with Gasteiger partial charge in [-0.1, -0.05) is 37.3 Å². The lowest BCUT2D eigenvalue weighted by molar-refractivity contribution is -0.122. The van der Waals surface area contributed by atoms with Gasteiger partial charge in [0.05, 0.1) is 0 Å². The fourth-order valence-corrected chi connectivity index (χ4v) is 3.46. The van der Waals surface area contributed by atoms with E-state index in [0.29, 0.717) is 30.0 Å². The average molecular weight is 286 g/mol. The zero-order valence-electron chi connectivity index (χ0n) is 13.2. The molecule has 1 aromatic carbocycles. The van der Waals surface area contributed by atoms with Crippen LogP contribution in [0.5, 0.6) is 0 Å². The Morgan fingerprint density at radius 3 is 2.29 bits per heavy atom. The van der Waals surface area contributed by atoms with Crippen molar-refractivity contribution in [3.05, 3.63) is 35.9 Å². The summed E-state index contributed by atoms with van der Waals surface area (Å²) in [6.07, 6.45) is 5.96. The summed E-state index contributed by atoms with van der Waals surface area (Å²) in [6, 6.07) is 9.56. The predicted molar refractivity (Wildman–Crippen MR) is 85.3 cm³/mol. The average Bonchev–Trinajstić information content (AvgIpc) is 2.53. The smallest absolute Gasteiger partial charge is 0.162 e. The summed E-state index contributed by atoms with van der Waals surface area (Å²) >= 11 is 0.